The molecule has 1 atom stereocenters. The van der Waals surface area contributed by atoms with Crippen molar-refractivity contribution >= 4 is 0 Å². The van der Waals surface area contributed by atoms with Crippen molar-refractivity contribution < 1.29 is 10.2 Å². The topological polar surface area (TPSA) is 72.4 Å². The van der Waals surface area contributed by atoms with Gasteiger partial charge in [0.2, 0.25) is 0 Å². The zero-order valence-corrected chi connectivity index (χ0v) is 10.3. The van der Waals surface area contributed by atoms with Gasteiger partial charge in [0.25, 0.3) is 0 Å². The molecule has 96 valence electrons. The van der Waals surface area contributed by atoms with E-state index in [1.807, 2.05) is 6.92 Å². The van der Waals surface area contributed by atoms with Crippen LogP contribution in [0.15, 0.2) is 6.33 Å². The molecule has 3 N–H and O–H groups in total. The molecule has 0 amide bonds. The second-order valence-electron chi connectivity index (χ2n) is 4.99. The molecule has 0 aromatic carbocycles. The van der Waals surface area contributed by atoms with Gasteiger partial charge >= 0.3 is 0 Å². The highest BCUT2D eigenvalue weighted by atomic mass is 16.3. The van der Waals surface area contributed by atoms with Crippen LogP contribution >= 0.6 is 0 Å². The molecule has 2 rings (SSSR count). The highest BCUT2D eigenvalue weighted by Crippen LogP contribution is 2.22. The molecule has 1 aromatic heterocycles. The number of aliphatic hydroxyl groups is 2. The van der Waals surface area contributed by atoms with Crippen molar-refractivity contribution in [2.24, 2.45) is 0 Å². The molecule has 2 heterocycles. The number of nitrogens with zero attached hydrogens (tertiary/aromatic N) is 2. The lowest BCUT2D eigenvalue weighted by molar-refractivity contribution is -0.0255. The standard InChI is InChI=1S/C12H21N3O2/c1-10-11(14-9-13-10)7-15-5-2-3-12(17,8-16)4-6-15/h9,16-17H,2-8H2,1H3,(H,13,14)/t12-/m0/s1. The Hall–Kier alpha value is -0.910. The summed E-state index contributed by atoms with van der Waals surface area (Å²) in [6.07, 6.45) is 3.94. The van der Waals surface area contributed by atoms with Crippen LogP contribution in [0.25, 0.3) is 0 Å². The minimum atomic E-state index is -0.880. The highest BCUT2D eigenvalue weighted by molar-refractivity contribution is 5.08. The van der Waals surface area contributed by atoms with Crippen molar-refractivity contribution in [2.75, 3.05) is 19.7 Å². The first-order valence-corrected chi connectivity index (χ1v) is 6.17. The van der Waals surface area contributed by atoms with Crippen LogP contribution in [0.5, 0.6) is 0 Å². The Morgan fingerprint density at radius 1 is 1.47 bits per heavy atom. The normalized spacial score (nSPS) is 27.0. The zero-order valence-electron chi connectivity index (χ0n) is 10.3. The maximum absolute atomic E-state index is 10.1. The summed E-state index contributed by atoms with van der Waals surface area (Å²) >= 11 is 0. The van der Waals surface area contributed by atoms with Gasteiger partial charge in [-0.1, -0.05) is 0 Å². The molecule has 5 heteroatoms. The van der Waals surface area contributed by atoms with Crippen LogP contribution < -0.4 is 0 Å². The third-order valence-electron chi connectivity index (χ3n) is 3.61. The molecular formula is C12H21N3O2. The van der Waals surface area contributed by atoms with Crippen LogP contribution in [0.1, 0.15) is 30.7 Å². The summed E-state index contributed by atoms with van der Waals surface area (Å²) in [5.74, 6) is 0. The summed E-state index contributed by atoms with van der Waals surface area (Å²) in [5.41, 5.74) is 1.29. The number of nitrogens with one attached hydrogen (secondary N) is 1. The first-order chi connectivity index (χ1) is 8.13. The predicted octanol–water partition coefficient (Wildman–Crippen LogP) is 0.427. The number of hydrogen-bond donors (Lipinski definition) is 3. The van der Waals surface area contributed by atoms with E-state index in [1.54, 1.807) is 6.33 Å². The van der Waals surface area contributed by atoms with Gasteiger partial charge in [0, 0.05) is 18.8 Å². The number of imidazole rings is 1. The Morgan fingerprint density at radius 2 is 2.29 bits per heavy atom. The van der Waals surface area contributed by atoms with E-state index in [-0.39, 0.29) is 6.61 Å². The molecule has 1 aromatic rings. The summed E-state index contributed by atoms with van der Waals surface area (Å²) in [7, 11) is 0. The Morgan fingerprint density at radius 3 is 2.94 bits per heavy atom. The molecule has 0 spiro atoms. The van der Waals surface area contributed by atoms with E-state index in [0.717, 1.165) is 37.4 Å². The molecule has 1 saturated heterocycles. The monoisotopic (exact) mass is 239 g/mol. The maximum atomic E-state index is 10.1. The van der Waals surface area contributed by atoms with Gasteiger partial charge in [0.05, 0.1) is 24.2 Å². The quantitative estimate of drug-likeness (QED) is 0.715. The molecule has 17 heavy (non-hydrogen) atoms. The Labute approximate surface area is 101 Å². The molecular weight excluding hydrogens is 218 g/mol. The van der Waals surface area contributed by atoms with Gasteiger partial charge in [-0.3, -0.25) is 4.90 Å². The van der Waals surface area contributed by atoms with Crippen molar-refractivity contribution in [3.63, 3.8) is 0 Å². The SMILES string of the molecule is Cc1[nH]cnc1CN1CCC[C@@](O)(CO)CC1. The third kappa shape index (κ3) is 3.06. The maximum Gasteiger partial charge on any atom is 0.0925 e. The van der Waals surface area contributed by atoms with Crippen molar-refractivity contribution in [3.8, 4) is 0 Å². The van der Waals surface area contributed by atoms with Crippen LogP contribution in [0.2, 0.25) is 0 Å². The van der Waals surface area contributed by atoms with E-state index in [0.29, 0.717) is 12.8 Å². The van der Waals surface area contributed by atoms with Gasteiger partial charge in [-0.25, -0.2) is 4.98 Å². The summed E-state index contributed by atoms with van der Waals surface area (Å²) in [6, 6.07) is 0. The second-order valence-corrected chi connectivity index (χ2v) is 4.99. The Balaban J connectivity index is 1.93. The first kappa shape index (κ1) is 12.5. The first-order valence-electron chi connectivity index (χ1n) is 6.17. The van der Waals surface area contributed by atoms with E-state index in [1.165, 1.54) is 0 Å². The van der Waals surface area contributed by atoms with Gasteiger partial charge in [-0.2, -0.15) is 0 Å². The van der Waals surface area contributed by atoms with Crippen LogP contribution in [-0.4, -0.2) is 50.4 Å². The molecule has 1 aliphatic heterocycles. The second kappa shape index (κ2) is 5.16. The van der Waals surface area contributed by atoms with Crippen LogP contribution in [-0.2, 0) is 6.54 Å². The summed E-state index contributed by atoms with van der Waals surface area (Å²) in [6.45, 7) is 4.46. The predicted molar refractivity (Wildman–Crippen MR) is 64.5 cm³/mol. The Bertz CT molecular complexity index is 366. The van der Waals surface area contributed by atoms with Crippen molar-refractivity contribution in [1.82, 2.24) is 14.9 Å². The smallest absolute Gasteiger partial charge is 0.0925 e. The average Bonchev–Trinajstić information content (AvgIpc) is 2.61. The molecule has 0 unspecified atom stereocenters. The van der Waals surface area contributed by atoms with Crippen LogP contribution in [0.3, 0.4) is 0 Å². The van der Waals surface area contributed by atoms with Gasteiger partial charge in [0.15, 0.2) is 0 Å². The van der Waals surface area contributed by atoms with E-state index in [4.69, 9.17) is 0 Å². The lowest BCUT2D eigenvalue weighted by Crippen LogP contribution is -2.34. The molecule has 1 fully saturated rings. The van der Waals surface area contributed by atoms with Crippen molar-refractivity contribution in [2.45, 2.75) is 38.3 Å². The molecule has 0 aliphatic carbocycles. The molecule has 5 nitrogen and oxygen atoms in total. The number of aromatic amines is 1. The number of hydrogen-bond acceptors (Lipinski definition) is 4. The fraction of sp³-hybridized carbons (Fsp3) is 0.750. The zero-order chi connectivity index (χ0) is 12.3. The lowest BCUT2D eigenvalue weighted by Gasteiger charge is -2.24. The van der Waals surface area contributed by atoms with Gasteiger partial charge in [0.1, 0.15) is 0 Å². The summed E-state index contributed by atoms with van der Waals surface area (Å²) < 4.78 is 0. The molecule has 1 aliphatic rings. The van der Waals surface area contributed by atoms with E-state index < -0.39 is 5.60 Å². The van der Waals surface area contributed by atoms with E-state index in [2.05, 4.69) is 14.9 Å². The van der Waals surface area contributed by atoms with Crippen LogP contribution in [0.4, 0.5) is 0 Å². The third-order valence-corrected chi connectivity index (χ3v) is 3.61. The number of aromatic nitrogens is 2. The van der Waals surface area contributed by atoms with E-state index >= 15 is 0 Å². The minimum Gasteiger partial charge on any atom is -0.393 e. The fourth-order valence-corrected chi connectivity index (χ4v) is 2.31. The van der Waals surface area contributed by atoms with Gasteiger partial charge < -0.3 is 15.2 Å². The summed E-state index contributed by atoms with van der Waals surface area (Å²) in [4.78, 5) is 9.65. The van der Waals surface area contributed by atoms with Crippen LogP contribution in [0, 0.1) is 6.92 Å². The largest absolute Gasteiger partial charge is 0.393 e. The summed E-state index contributed by atoms with van der Waals surface area (Å²) in [5, 5.41) is 19.2. The molecule has 0 radical (unpaired) electrons. The number of likely N-dealkylation sites (tertiary alicyclic amines) is 1. The average molecular weight is 239 g/mol. The van der Waals surface area contributed by atoms with Gasteiger partial charge in [-0.05, 0) is 32.7 Å². The number of aliphatic hydroxyl groups excluding tert-OH is 1. The Kier molecular flexibility index (Phi) is 3.81. The van der Waals surface area contributed by atoms with Gasteiger partial charge in [-0.15, -0.1) is 0 Å². The van der Waals surface area contributed by atoms with Crippen molar-refractivity contribution in [1.29, 1.82) is 0 Å². The van der Waals surface area contributed by atoms with Crippen molar-refractivity contribution in [3.05, 3.63) is 17.7 Å². The van der Waals surface area contributed by atoms with E-state index in [9.17, 15) is 10.2 Å². The number of aryl methyl sites for hydroxylation is 1. The number of rotatable bonds is 3. The minimum absolute atomic E-state index is 0.137. The lowest BCUT2D eigenvalue weighted by atomic mass is 9.96. The molecule has 0 bridgehead atoms. The highest BCUT2D eigenvalue weighted by Gasteiger charge is 2.29. The molecule has 0 saturated carbocycles. The number of H-pyrrole nitrogens is 1. The fourth-order valence-electron chi connectivity index (χ4n) is 2.31.